The Labute approximate surface area is 141 Å². The Morgan fingerprint density at radius 2 is 1.96 bits per heavy atom. The lowest BCUT2D eigenvalue weighted by Crippen LogP contribution is -2.38. The molecular weight excluding hydrogens is 288 g/mol. The topological polar surface area (TPSA) is 46.5 Å². The summed E-state index contributed by atoms with van der Waals surface area (Å²) in [6.45, 7) is 12.8. The molecule has 4 atom stereocenters. The van der Waals surface area contributed by atoms with Gasteiger partial charge < -0.3 is 9.84 Å². The molecule has 2 fully saturated rings. The van der Waals surface area contributed by atoms with Crippen molar-refractivity contribution in [2.45, 2.75) is 73.3 Å². The van der Waals surface area contributed by atoms with Crippen molar-refractivity contribution in [3.63, 3.8) is 0 Å². The van der Waals surface area contributed by atoms with Crippen molar-refractivity contribution in [3.8, 4) is 0 Å². The second kappa shape index (κ2) is 6.58. The molecule has 3 nitrogen and oxygen atoms in total. The van der Waals surface area contributed by atoms with Gasteiger partial charge in [0.2, 0.25) is 0 Å². The van der Waals surface area contributed by atoms with E-state index in [1.54, 1.807) is 0 Å². The van der Waals surface area contributed by atoms with Crippen LogP contribution in [0.25, 0.3) is 0 Å². The minimum Gasteiger partial charge on any atom is -0.461 e. The average Bonchev–Trinajstić information content (AvgIpc) is 3.00. The zero-order chi connectivity index (χ0) is 17.4. The monoisotopic (exact) mass is 322 g/mol. The van der Waals surface area contributed by atoms with Crippen LogP contribution in [0, 0.1) is 28.6 Å². The van der Waals surface area contributed by atoms with E-state index in [-0.39, 0.29) is 24.1 Å². The summed E-state index contributed by atoms with van der Waals surface area (Å²) in [5.74, 6) is 1.55. The first-order valence-electron chi connectivity index (χ1n) is 9.13. The lowest BCUT2D eigenvalue weighted by Gasteiger charge is -2.37. The fourth-order valence-corrected chi connectivity index (χ4v) is 4.27. The molecule has 23 heavy (non-hydrogen) atoms. The van der Waals surface area contributed by atoms with Gasteiger partial charge in [0.15, 0.2) is 0 Å². The molecule has 0 aromatic rings. The van der Waals surface area contributed by atoms with E-state index in [0.717, 1.165) is 24.8 Å². The van der Waals surface area contributed by atoms with E-state index in [4.69, 9.17) is 4.74 Å². The average molecular weight is 322 g/mol. The third-order valence-electron chi connectivity index (χ3n) is 6.13. The van der Waals surface area contributed by atoms with Gasteiger partial charge in [-0.25, -0.2) is 0 Å². The summed E-state index contributed by atoms with van der Waals surface area (Å²) < 4.78 is 6.08. The van der Waals surface area contributed by atoms with Crippen molar-refractivity contribution in [2.75, 3.05) is 6.61 Å². The third kappa shape index (κ3) is 3.65. The van der Waals surface area contributed by atoms with Gasteiger partial charge in [0.1, 0.15) is 6.10 Å². The van der Waals surface area contributed by atoms with Crippen molar-refractivity contribution in [1.29, 1.82) is 0 Å². The molecule has 2 aliphatic carbocycles. The molecule has 0 bridgehead atoms. The maximum absolute atomic E-state index is 13.0. The van der Waals surface area contributed by atoms with Gasteiger partial charge in [-0.15, -0.1) is 0 Å². The second-order valence-electron chi connectivity index (χ2n) is 8.95. The Morgan fingerprint density at radius 1 is 1.35 bits per heavy atom. The minimum atomic E-state index is -0.540. The van der Waals surface area contributed by atoms with Crippen LogP contribution in [0.3, 0.4) is 0 Å². The van der Waals surface area contributed by atoms with Gasteiger partial charge >= 0.3 is 5.97 Å². The standard InChI is InChI=1S/C20H34O3/c1-13(2)16-8-7-14(3)9-17(16)23-18(22)20(10-15(4)11-21)12-19(20,5)6/h10,13-14,16-17,21H,7-9,11-12H2,1-6H3/b15-10+. The summed E-state index contributed by atoms with van der Waals surface area (Å²) in [5, 5.41) is 9.33. The van der Waals surface area contributed by atoms with Gasteiger partial charge in [0.25, 0.3) is 0 Å². The van der Waals surface area contributed by atoms with Crippen LogP contribution in [0.5, 0.6) is 0 Å². The summed E-state index contributed by atoms with van der Waals surface area (Å²) in [6, 6.07) is 0. The van der Waals surface area contributed by atoms with E-state index >= 15 is 0 Å². The molecule has 0 heterocycles. The number of esters is 1. The molecule has 132 valence electrons. The smallest absolute Gasteiger partial charge is 0.316 e. The van der Waals surface area contributed by atoms with Gasteiger partial charge in [-0.1, -0.05) is 52.7 Å². The molecule has 0 radical (unpaired) electrons. The van der Waals surface area contributed by atoms with E-state index < -0.39 is 5.41 Å². The summed E-state index contributed by atoms with van der Waals surface area (Å²) in [4.78, 5) is 13.0. The lowest BCUT2D eigenvalue weighted by molar-refractivity contribution is -0.162. The predicted molar refractivity (Wildman–Crippen MR) is 92.9 cm³/mol. The molecular formula is C20H34O3. The zero-order valence-electron chi connectivity index (χ0n) is 15.7. The summed E-state index contributed by atoms with van der Waals surface area (Å²) in [7, 11) is 0. The van der Waals surface area contributed by atoms with Crippen LogP contribution >= 0.6 is 0 Å². The van der Waals surface area contributed by atoms with Crippen LogP contribution in [-0.2, 0) is 9.53 Å². The quantitative estimate of drug-likeness (QED) is 0.605. The molecule has 3 heteroatoms. The maximum Gasteiger partial charge on any atom is 0.316 e. The number of aliphatic hydroxyl groups is 1. The number of aliphatic hydroxyl groups excluding tert-OH is 1. The number of carbonyl (C=O) groups excluding carboxylic acids is 1. The Balaban J connectivity index is 2.15. The van der Waals surface area contributed by atoms with Crippen LogP contribution in [0.4, 0.5) is 0 Å². The van der Waals surface area contributed by atoms with E-state index in [9.17, 15) is 9.90 Å². The summed E-state index contributed by atoms with van der Waals surface area (Å²) in [6.07, 6.45) is 6.17. The van der Waals surface area contributed by atoms with Crippen LogP contribution in [-0.4, -0.2) is 23.8 Å². The van der Waals surface area contributed by atoms with E-state index in [2.05, 4.69) is 34.6 Å². The number of hydrogen-bond donors (Lipinski definition) is 1. The lowest BCUT2D eigenvalue weighted by atomic mass is 9.75. The third-order valence-corrected chi connectivity index (χ3v) is 6.13. The highest BCUT2D eigenvalue weighted by atomic mass is 16.5. The first kappa shape index (κ1) is 18.5. The molecule has 0 saturated heterocycles. The molecule has 0 amide bonds. The highest BCUT2D eigenvalue weighted by Crippen LogP contribution is 2.65. The molecule has 0 spiro atoms. The van der Waals surface area contributed by atoms with Gasteiger partial charge in [0, 0.05) is 0 Å². The van der Waals surface area contributed by atoms with Crippen LogP contribution < -0.4 is 0 Å². The summed E-state index contributed by atoms with van der Waals surface area (Å²) in [5.41, 5.74) is 0.237. The first-order valence-corrected chi connectivity index (χ1v) is 9.13. The van der Waals surface area contributed by atoms with Crippen LogP contribution in [0.2, 0.25) is 0 Å². The molecule has 2 saturated carbocycles. The number of carbonyl (C=O) groups is 1. The van der Waals surface area contributed by atoms with Crippen LogP contribution in [0.15, 0.2) is 11.6 Å². The molecule has 2 aliphatic rings. The molecule has 2 rings (SSSR count). The maximum atomic E-state index is 13.0. The molecule has 0 aromatic heterocycles. The first-order chi connectivity index (χ1) is 10.6. The predicted octanol–water partition coefficient (Wildman–Crippen LogP) is 4.35. The Morgan fingerprint density at radius 3 is 2.43 bits per heavy atom. The van der Waals surface area contributed by atoms with Crippen molar-refractivity contribution in [1.82, 2.24) is 0 Å². The van der Waals surface area contributed by atoms with Crippen molar-refractivity contribution >= 4 is 5.97 Å². The Kier molecular flexibility index (Phi) is 5.30. The van der Waals surface area contributed by atoms with Gasteiger partial charge in [-0.05, 0) is 49.4 Å². The van der Waals surface area contributed by atoms with E-state index in [0.29, 0.717) is 17.8 Å². The minimum absolute atomic E-state index is 0.000190. The fraction of sp³-hybridized carbons (Fsp3) is 0.850. The van der Waals surface area contributed by atoms with Crippen molar-refractivity contribution < 1.29 is 14.6 Å². The SMILES string of the molecule is C/C(=C\C1(C(=O)OC2CC(C)CCC2C(C)C)CC1(C)C)CO. The Hall–Kier alpha value is -0.830. The van der Waals surface area contributed by atoms with Gasteiger partial charge in [-0.2, -0.15) is 0 Å². The fourth-order valence-electron chi connectivity index (χ4n) is 4.27. The molecule has 0 aliphatic heterocycles. The highest BCUT2D eigenvalue weighted by Gasteiger charge is 2.66. The number of rotatable bonds is 5. The van der Waals surface area contributed by atoms with E-state index in [1.165, 1.54) is 6.42 Å². The molecule has 0 aromatic carbocycles. The Bertz CT molecular complexity index is 477. The molecule has 4 unspecified atom stereocenters. The number of ether oxygens (including phenoxy) is 1. The van der Waals surface area contributed by atoms with Gasteiger partial charge in [-0.3, -0.25) is 4.79 Å². The van der Waals surface area contributed by atoms with Crippen molar-refractivity contribution in [2.24, 2.45) is 28.6 Å². The number of hydrogen-bond acceptors (Lipinski definition) is 3. The second-order valence-corrected chi connectivity index (χ2v) is 8.95. The largest absolute Gasteiger partial charge is 0.461 e. The summed E-state index contributed by atoms with van der Waals surface area (Å²) >= 11 is 0. The normalized spacial score (nSPS) is 36.9. The molecule has 1 N–H and O–H groups in total. The zero-order valence-corrected chi connectivity index (χ0v) is 15.7. The highest BCUT2D eigenvalue weighted by molar-refractivity contribution is 5.84. The van der Waals surface area contributed by atoms with Crippen LogP contribution in [0.1, 0.15) is 67.2 Å². The van der Waals surface area contributed by atoms with E-state index in [1.807, 2.05) is 13.0 Å². The van der Waals surface area contributed by atoms with Gasteiger partial charge in [0.05, 0.1) is 12.0 Å². The van der Waals surface area contributed by atoms with Crippen molar-refractivity contribution in [3.05, 3.63) is 11.6 Å².